The standard InChI is InChI=1S/C10H14N2O6/c13-6-11-4-8(14)12-5-10(17-1-2-18-10)3-7(12)9(15)16/h6-7H,1-5H2,(H,11,13)(H,15,16). The maximum Gasteiger partial charge on any atom is 0.326 e. The van der Waals surface area contributed by atoms with Crippen LogP contribution in [0.5, 0.6) is 0 Å². The van der Waals surface area contributed by atoms with Gasteiger partial charge in [-0.2, -0.15) is 0 Å². The van der Waals surface area contributed by atoms with Gasteiger partial charge in [-0.05, 0) is 0 Å². The van der Waals surface area contributed by atoms with E-state index >= 15 is 0 Å². The number of aliphatic carboxylic acids is 1. The van der Waals surface area contributed by atoms with Gasteiger partial charge in [0.2, 0.25) is 12.3 Å². The molecule has 1 unspecified atom stereocenters. The van der Waals surface area contributed by atoms with Crippen molar-refractivity contribution in [3.05, 3.63) is 0 Å². The van der Waals surface area contributed by atoms with E-state index in [-0.39, 0.29) is 19.5 Å². The highest BCUT2D eigenvalue weighted by molar-refractivity contribution is 5.86. The van der Waals surface area contributed by atoms with Crippen LogP contribution in [0.25, 0.3) is 0 Å². The molecule has 2 aliphatic rings. The van der Waals surface area contributed by atoms with E-state index in [1.54, 1.807) is 0 Å². The van der Waals surface area contributed by atoms with E-state index in [2.05, 4.69) is 5.32 Å². The number of carbonyl (C=O) groups excluding carboxylic acids is 2. The lowest BCUT2D eigenvalue weighted by Gasteiger charge is -2.22. The Labute approximate surface area is 103 Å². The Morgan fingerprint density at radius 3 is 2.67 bits per heavy atom. The zero-order valence-electron chi connectivity index (χ0n) is 9.63. The smallest absolute Gasteiger partial charge is 0.326 e. The summed E-state index contributed by atoms with van der Waals surface area (Å²) in [5, 5.41) is 11.3. The average Bonchev–Trinajstić information content (AvgIpc) is 2.94. The van der Waals surface area contributed by atoms with Crippen molar-refractivity contribution in [3.8, 4) is 0 Å². The first-order valence-electron chi connectivity index (χ1n) is 5.55. The Hall–Kier alpha value is -1.67. The summed E-state index contributed by atoms with van der Waals surface area (Å²) >= 11 is 0. The van der Waals surface area contributed by atoms with E-state index in [0.717, 1.165) is 0 Å². The molecule has 2 saturated heterocycles. The van der Waals surface area contributed by atoms with Crippen molar-refractivity contribution in [1.29, 1.82) is 0 Å². The lowest BCUT2D eigenvalue weighted by molar-refractivity contribution is -0.152. The number of carbonyl (C=O) groups is 3. The van der Waals surface area contributed by atoms with Crippen LogP contribution in [-0.2, 0) is 23.9 Å². The average molecular weight is 258 g/mol. The minimum Gasteiger partial charge on any atom is -0.480 e. The van der Waals surface area contributed by atoms with Gasteiger partial charge in [0, 0.05) is 6.42 Å². The number of nitrogens with zero attached hydrogens (tertiary/aromatic N) is 1. The minimum absolute atomic E-state index is 0.0728. The molecular formula is C10H14N2O6. The van der Waals surface area contributed by atoms with E-state index in [1.165, 1.54) is 4.90 Å². The molecule has 2 rings (SSSR count). The second-order valence-corrected chi connectivity index (χ2v) is 4.19. The Morgan fingerprint density at radius 1 is 1.44 bits per heavy atom. The summed E-state index contributed by atoms with van der Waals surface area (Å²) in [5.41, 5.74) is 0. The van der Waals surface area contributed by atoms with Crippen LogP contribution < -0.4 is 5.32 Å². The molecule has 100 valence electrons. The van der Waals surface area contributed by atoms with Gasteiger partial charge in [-0.1, -0.05) is 0 Å². The minimum atomic E-state index is -1.11. The molecule has 2 N–H and O–H groups in total. The number of hydrogen-bond acceptors (Lipinski definition) is 5. The zero-order valence-corrected chi connectivity index (χ0v) is 9.63. The topological polar surface area (TPSA) is 105 Å². The molecular weight excluding hydrogens is 244 g/mol. The highest BCUT2D eigenvalue weighted by Crippen LogP contribution is 2.34. The van der Waals surface area contributed by atoms with Crippen LogP contribution in [0.15, 0.2) is 0 Å². The number of carboxylic acid groups (broad SMARTS) is 1. The van der Waals surface area contributed by atoms with Crippen LogP contribution in [0, 0.1) is 0 Å². The second kappa shape index (κ2) is 4.91. The molecule has 0 aromatic heterocycles. The third-order valence-electron chi connectivity index (χ3n) is 3.05. The van der Waals surface area contributed by atoms with Crippen LogP contribution in [0.4, 0.5) is 0 Å². The first-order chi connectivity index (χ1) is 8.58. The molecule has 0 saturated carbocycles. The lowest BCUT2D eigenvalue weighted by Crippen LogP contribution is -2.45. The van der Waals surface area contributed by atoms with Crippen molar-refractivity contribution in [2.45, 2.75) is 18.2 Å². The highest BCUT2D eigenvalue weighted by Gasteiger charge is 2.52. The summed E-state index contributed by atoms with van der Waals surface area (Å²) in [6.07, 6.45) is 0.497. The van der Waals surface area contributed by atoms with Gasteiger partial charge in [-0.3, -0.25) is 9.59 Å². The van der Waals surface area contributed by atoms with Gasteiger partial charge >= 0.3 is 5.97 Å². The predicted octanol–water partition coefficient (Wildman–Crippen LogP) is -1.84. The molecule has 0 aromatic carbocycles. The van der Waals surface area contributed by atoms with Gasteiger partial charge in [0.25, 0.3) is 0 Å². The van der Waals surface area contributed by atoms with Crippen molar-refractivity contribution < 1.29 is 29.0 Å². The molecule has 2 heterocycles. The fraction of sp³-hybridized carbons (Fsp3) is 0.700. The van der Waals surface area contributed by atoms with Gasteiger partial charge in [0.05, 0.1) is 26.3 Å². The Kier molecular flexibility index (Phi) is 3.48. The van der Waals surface area contributed by atoms with Crippen LogP contribution in [-0.4, -0.2) is 66.4 Å². The molecule has 1 spiro atoms. The number of hydrogen-bond donors (Lipinski definition) is 2. The largest absolute Gasteiger partial charge is 0.480 e. The van der Waals surface area contributed by atoms with Gasteiger partial charge in [-0.25, -0.2) is 4.79 Å². The maximum atomic E-state index is 11.8. The van der Waals surface area contributed by atoms with Crippen LogP contribution >= 0.6 is 0 Å². The fourth-order valence-corrected chi connectivity index (χ4v) is 2.26. The van der Waals surface area contributed by atoms with Crippen LogP contribution in [0.2, 0.25) is 0 Å². The summed E-state index contributed by atoms with van der Waals surface area (Å²) in [7, 11) is 0. The monoisotopic (exact) mass is 258 g/mol. The third-order valence-corrected chi connectivity index (χ3v) is 3.05. The molecule has 0 aliphatic carbocycles. The summed E-state index contributed by atoms with van der Waals surface area (Å²) in [4.78, 5) is 34.2. The lowest BCUT2D eigenvalue weighted by atomic mass is 10.1. The first kappa shape index (κ1) is 12.8. The second-order valence-electron chi connectivity index (χ2n) is 4.19. The molecule has 18 heavy (non-hydrogen) atoms. The van der Waals surface area contributed by atoms with Crippen molar-refractivity contribution >= 4 is 18.3 Å². The Morgan fingerprint density at radius 2 is 2.11 bits per heavy atom. The van der Waals surface area contributed by atoms with Crippen LogP contribution in [0.1, 0.15) is 6.42 Å². The van der Waals surface area contributed by atoms with Crippen molar-refractivity contribution in [2.75, 3.05) is 26.3 Å². The van der Waals surface area contributed by atoms with Gasteiger partial charge < -0.3 is 24.8 Å². The van der Waals surface area contributed by atoms with Crippen molar-refractivity contribution in [2.24, 2.45) is 0 Å². The Bertz CT molecular complexity index is 365. The molecule has 2 aliphatic heterocycles. The van der Waals surface area contributed by atoms with E-state index in [0.29, 0.717) is 19.6 Å². The highest BCUT2D eigenvalue weighted by atomic mass is 16.7. The van der Waals surface area contributed by atoms with Gasteiger partial charge in [0.15, 0.2) is 5.79 Å². The number of amides is 2. The van der Waals surface area contributed by atoms with E-state index < -0.39 is 23.7 Å². The molecule has 1 atom stereocenters. The normalized spacial score (nSPS) is 25.3. The van der Waals surface area contributed by atoms with Crippen molar-refractivity contribution in [3.63, 3.8) is 0 Å². The molecule has 8 heteroatoms. The van der Waals surface area contributed by atoms with Gasteiger partial charge in [-0.15, -0.1) is 0 Å². The molecule has 0 radical (unpaired) electrons. The summed E-state index contributed by atoms with van der Waals surface area (Å²) in [6.45, 7) is 0.620. The SMILES string of the molecule is O=CNCC(=O)N1CC2(CC1C(=O)O)OCCO2. The molecule has 0 aromatic rings. The Balaban J connectivity index is 2.09. The zero-order chi connectivity index (χ0) is 13.2. The number of nitrogens with one attached hydrogen (secondary N) is 1. The summed E-state index contributed by atoms with van der Waals surface area (Å²) in [5.74, 6) is -2.57. The number of ether oxygens (including phenoxy) is 2. The molecule has 8 nitrogen and oxygen atoms in total. The fourth-order valence-electron chi connectivity index (χ4n) is 2.26. The van der Waals surface area contributed by atoms with Crippen molar-refractivity contribution in [1.82, 2.24) is 10.2 Å². The van der Waals surface area contributed by atoms with E-state index in [1.807, 2.05) is 0 Å². The molecule has 0 bridgehead atoms. The third kappa shape index (κ3) is 2.29. The van der Waals surface area contributed by atoms with Crippen LogP contribution in [0.3, 0.4) is 0 Å². The molecule has 2 amide bonds. The predicted molar refractivity (Wildman–Crippen MR) is 56.5 cm³/mol. The number of likely N-dealkylation sites (tertiary alicyclic amines) is 1. The molecule has 2 fully saturated rings. The van der Waals surface area contributed by atoms with E-state index in [4.69, 9.17) is 14.6 Å². The quantitative estimate of drug-likeness (QED) is 0.574. The first-order valence-corrected chi connectivity index (χ1v) is 5.55. The maximum absolute atomic E-state index is 11.8. The van der Waals surface area contributed by atoms with Gasteiger partial charge in [0.1, 0.15) is 6.04 Å². The summed E-state index contributed by atoms with van der Waals surface area (Å²) in [6, 6.07) is -0.982. The number of carboxylic acids is 1. The number of rotatable bonds is 4. The van der Waals surface area contributed by atoms with E-state index in [9.17, 15) is 14.4 Å². The summed E-state index contributed by atoms with van der Waals surface area (Å²) < 4.78 is 10.8.